The number of urea groups is 1. The van der Waals surface area contributed by atoms with Gasteiger partial charge in [0.15, 0.2) is 9.84 Å². The Labute approximate surface area is 176 Å². The molecule has 2 aromatic carbocycles. The predicted molar refractivity (Wildman–Crippen MR) is 104 cm³/mol. The molecule has 0 aromatic heterocycles. The lowest BCUT2D eigenvalue weighted by Gasteiger charge is -2.22. The summed E-state index contributed by atoms with van der Waals surface area (Å²) >= 11 is 0. The van der Waals surface area contributed by atoms with E-state index in [4.69, 9.17) is 0 Å². The average Bonchev–Trinajstić information content (AvgIpc) is 2.92. The van der Waals surface area contributed by atoms with Gasteiger partial charge in [-0.05, 0) is 55.3 Å². The first kappa shape index (κ1) is 22.6. The summed E-state index contributed by atoms with van der Waals surface area (Å²) in [5, 5.41) is 2.55. The fourth-order valence-corrected chi connectivity index (χ4v) is 4.53. The molecule has 1 aliphatic heterocycles. The van der Waals surface area contributed by atoms with E-state index in [1.165, 1.54) is 31.2 Å². The van der Waals surface area contributed by atoms with Gasteiger partial charge in [-0.1, -0.05) is 12.1 Å². The number of carbonyl (C=O) groups is 2. The van der Waals surface area contributed by atoms with Crippen molar-refractivity contribution in [3.8, 4) is 5.75 Å². The summed E-state index contributed by atoms with van der Waals surface area (Å²) in [4.78, 5) is 26.0. The quantitative estimate of drug-likeness (QED) is 0.487. The molecule has 31 heavy (non-hydrogen) atoms. The maximum Gasteiger partial charge on any atom is 0.387 e. The molecule has 1 aliphatic rings. The number of hydrogen-bond donors (Lipinski definition) is 1. The van der Waals surface area contributed by atoms with Crippen molar-refractivity contribution >= 4 is 21.8 Å². The van der Waals surface area contributed by atoms with E-state index in [0.29, 0.717) is 5.56 Å². The summed E-state index contributed by atoms with van der Waals surface area (Å²) in [6.07, 6.45) is -0.0177. The van der Waals surface area contributed by atoms with Gasteiger partial charge in [0.1, 0.15) is 17.1 Å². The second kappa shape index (κ2) is 8.58. The molecule has 0 spiro atoms. The van der Waals surface area contributed by atoms with E-state index in [0.717, 1.165) is 29.2 Å². The van der Waals surface area contributed by atoms with Crippen molar-refractivity contribution in [3.63, 3.8) is 0 Å². The highest BCUT2D eigenvalue weighted by Crippen LogP contribution is 2.30. The molecule has 1 saturated heterocycles. The fourth-order valence-electron chi connectivity index (χ4n) is 3.24. The maximum atomic E-state index is 13.0. The van der Waals surface area contributed by atoms with Gasteiger partial charge in [-0.2, -0.15) is 8.78 Å². The van der Waals surface area contributed by atoms with E-state index in [1.54, 1.807) is 0 Å². The highest BCUT2D eigenvalue weighted by Gasteiger charge is 2.48. The van der Waals surface area contributed by atoms with Crippen LogP contribution in [-0.2, 0) is 20.2 Å². The van der Waals surface area contributed by atoms with Crippen LogP contribution in [0.3, 0.4) is 0 Å². The Morgan fingerprint density at radius 2 is 1.68 bits per heavy atom. The molecule has 0 saturated carbocycles. The van der Waals surface area contributed by atoms with Crippen molar-refractivity contribution in [2.75, 3.05) is 12.3 Å². The highest BCUT2D eigenvalue weighted by molar-refractivity contribution is 7.91. The van der Waals surface area contributed by atoms with Crippen LogP contribution in [0.15, 0.2) is 53.4 Å². The van der Waals surface area contributed by atoms with Crippen molar-refractivity contribution < 1.29 is 35.9 Å². The molecule has 0 radical (unpaired) electrons. The number of sulfone groups is 1. The summed E-state index contributed by atoms with van der Waals surface area (Å²) in [7, 11) is -3.71. The van der Waals surface area contributed by atoms with Crippen molar-refractivity contribution in [2.45, 2.75) is 30.4 Å². The van der Waals surface area contributed by atoms with Crippen LogP contribution in [0.25, 0.3) is 0 Å². The first-order valence-corrected chi connectivity index (χ1v) is 10.9. The lowest BCUT2D eigenvalue weighted by Crippen LogP contribution is -2.41. The largest absolute Gasteiger partial charge is 0.435 e. The number of amides is 3. The Morgan fingerprint density at radius 1 is 1.06 bits per heavy atom. The van der Waals surface area contributed by atoms with Gasteiger partial charge >= 0.3 is 12.6 Å². The van der Waals surface area contributed by atoms with Crippen LogP contribution in [0.1, 0.15) is 18.9 Å². The standard InChI is InChI=1S/C20H19F3N2O5S/c1-20(13-3-7-15(8-4-13)30-18(22)23)17(26)25(19(27)24-20)11-2-12-31(28,29)16-9-5-14(21)6-10-16/h3-10,18H,2,11-12H2,1H3,(H,24,27). The smallest absolute Gasteiger partial charge is 0.387 e. The van der Waals surface area contributed by atoms with Crippen molar-refractivity contribution in [3.05, 3.63) is 59.9 Å². The minimum atomic E-state index is -3.71. The van der Waals surface area contributed by atoms with Crippen LogP contribution in [0, 0.1) is 5.82 Å². The number of alkyl halides is 2. The number of imide groups is 1. The van der Waals surface area contributed by atoms with Crippen LogP contribution >= 0.6 is 0 Å². The highest BCUT2D eigenvalue weighted by atomic mass is 32.2. The van der Waals surface area contributed by atoms with Gasteiger partial charge < -0.3 is 10.1 Å². The molecule has 1 atom stereocenters. The second-order valence-corrected chi connectivity index (χ2v) is 9.15. The first-order chi connectivity index (χ1) is 14.5. The van der Waals surface area contributed by atoms with Gasteiger partial charge in [-0.3, -0.25) is 9.69 Å². The molecule has 7 nitrogen and oxygen atoms in total. The molecule has 1 N–H and O–H groups in total. The van der Waals surface area contributed by atoms with Gasteiger partial charge in [0.05, 0.1) is 10.6 Å². The summed E-state index contributed by atoms with van der Waals surface area (Å²) < 4.78 is 66.5. The molecule has 2 aromatic rings. The normalized spacial score (nSPS) is 19.1. The number of carbonyl (C=O) groups excluding carboxylic acids is 2. The SMILES string of the molecule is CC1(c2ccc(OC(F)F)cc2)NC(=O)N(CCCS(=O)(=O)c2ccc(F)cc2)C1=O. The molecule has 1 unspecified atom stereocenters. The molecular formula is C20H19F3N2O5S. The van der Waals surface area contributed by atoms with Gasteiger partial charge in [0.25, 0.3) is 5.91 Å². The molecule has 3 rings (SSSR count). The summed E-state index contributed by atoms with van der Waals surface area (Å²) in [5.74, 6) is -1.60. The third-order valence-corrected chi connectivity index (χ3v) is 6.72. The number of rotatable bonds is 8. The Balaban J connectivity index is 1.66. The zero-order chi connectivity index (χ0) is 22.8. The Hall–Kier alpha value is -3.08. The molecular weight excluding hydrogens is 437 g/mol. The fraction of sp³-hybridized carbons (Fsp3) is 0.300. The first-order valence-electron chi connectivity index (χ1n) is 9.21. The maximum absolute atomic E-state index is 13.0. The topological polar surface area (TPSA) is 92.8 Å². The molecule has 1 fully saturated rings. The van der Waals surface area contributed by atoms with E-state index < -0.39 is 39.7 Å². The van der Waals surface area contributed by atoms with E-state index in [9.17, 15) is 31.2 Å². The lowest BCUT2D eigenvalue weighted by atomic mass is 9.92. The number of nitrogens with zero attached hydrogens (tertiary/aromatic N) is 1. The molecule has 11 heteroatoms. The van der Waals surface area contributed by atoms with Crippen molar-refractivity contribution in [1.29, 1.82) is 0 Å². The second-order valence-electron chi connectivity index (χ2n) is 7.04. The third-order valence-electron chi connectivity index (χ3n) is 4.90. The number of hydrogen-bond acceptors (Lipinski definition) is 5. The summed E-state index contributed by atoms with van der Waals surface area (Å²) in [6, 6.07) is 8.96. The summed E-state index contributed by atoms with van der Waals surface area (Å²) in [5.41, 5.74) is -1.08. The Kier molecular flexibility index (Phi) is 6.25. The minimum absolute atomic E-state index is 0.0177. The van der Waals surface area contributed by atoms with Gasteiger partial charge in [-0.25, -0.2) is 17.6 Å². The number of ether oxygens (including phenoxy) is 1. The van der Waals surface area contributed by atoms with Crippen LogP contribution < -0.4 is 10.1 Å². The van der Waals surface area contributed by atoms with Crippen LogP contribution in [0.4, 0.5) is 18.0 Å². The molecule has 166 valence electrons. The van der Waals surface area contributed by atoms with Crippen molar-refractivity contribution in [2.24, 2.45) is 0 Å². The zero-order valence-electron chi connectivity index (χ0n) is 16.3. The molecule has 0 aliphatic carbocycles. The van der Waals surface area contributed by atoms with Crippen LogP contribution in [-0.4, -0.2) is 44.2 Å². The summed E-state index contributed by atoms with van der Waals surface area (Å²) in [6.45, 7) is -1.67. The predicted octanol–water partition coefficient (Wildman–Crippen LogP) is 3.06. The Bertz CT molecular complexity index is 1070. The zero-order valence-corrected chi connectivity index (χ0v) is 17.2. The van der Waals surface area contributed by atoms with Gasteiger partial charge in [-0.15, -0.1) is 0 Å². The van der Waals surface area contributed by atoms with Gasteiger partial charge in [0.2, 0.25) is 0 Å². The van der Waals surface area contributed by atoms with Crippen molar-refractivity contribution in [1.82, 2.24) is 10.2 Å². The third kappa shape index (κ3) is 4.82. The van der Waals surface area contributed by atoms with E-state index in [2.05, 4.69) is 10.1 Å². The van der Waals surface area contributed by atoms with Crippen LogP contribution in [0.2, 0.25) is 0 Å². The average molecular weight is 456 g/mol. The lowest BCUT2D eigenvalue weighted by molar-refractivity contribution is -0.131. The Morgan fingerprint density at radius 3 is 2.26 bits per heavy atom. The number of benzene rings is 2. The van der Waals surface area contributed by atoms with E-state index >= 15 is 0 Å². The monoisotopic (exact) mass is 456 g/mol. The van der Waals surface area contributed by atoms with Gasteiger partial charge in [0, 0.05) is 6.54 Å². The van der Waals surface area contributed by atoms with E-state index in [1.807, 2.05) is 0 Å². The number of nitrogens with one attached hydrogen (secondary N) is 1. The molecule has 1 heterocycles. The van der Waals surface area contributed by atoms with E-state index in [-0.39, 0.29) is 29.4 Å². The minimum Gasteiger partial charge on any atom is -0.435 e. The molecule has 0 bridgehead atoms. The number of halogens is 3. The molecule has 3 amide bonds. The van der Waals surface area contributed by atoms with Crippen LogP contribution in [0.5, 0.6) is 5.75 Å².